The second kappa shape index (κ2) is 5.22. The third-order valence-electron chi connectivity index (χ3n) is 3.99. The zero-order valence-electron chi connectivity index (χ0n) is 12.7. The number of aromatic nitrogens is 1. The summed E-state index contributed by atoms with van der Waals surface area (Å²) in [4.78, 5) is 4.35. The predicted molar refractivity (Wildman–Crippen MR) is 86.9 cm³/mol. The van der Waals surface area contributed by atoms with Crippen molar-refractivity contribution in [3.63, 3.8) is 0 Å². The van der Waals surface area contributed by atoms with Gasteiger partial charge < -0.3 is 14.6 Å². The zero-order chi connectivity index (χ0) is 15.9. The highest BCUT2D eigenvalue weighted by atomic mass is 16.3. The molecule has 0 aliphatic carbocycles. The number of oxazole rings is 1. The Kier molecular flexibility index (Phi) is 3.37. The molecule has 0 radical (unpaired) electrons. The van der Waals surface area contributed by atoms with E-state index in [1.54, 1.807) is 32.9 Å². The van der Waals surface area contributed by atoms with E-state index in [-0.39, 0.29) is 11.5 Å². The maximum Gasteiger partial charge on any atom is 0.220 e. The van der Waals surface area contributed by atoms with Gasteiger partial charge in [-0.3, -0.25) is 0 Å². The molecule has 0 saturated carbocycles. The van der Waals surface area contributed by atoms with Crippen LogP contribution in [0.15, 0.2) is 28.7 Å². The molecule has 0 amide bonds. The molecule has 22 heavy (non-hydrogen) atoms. The number of phenols is 2. The van der Waals surface area contributed by atoms with Gasteiger partial charge in [0.05, 0.1) is 0 Å². The normalized spacial score (nSPS) is 11.6. The minimum absolute atomic E-state index is 0.167. The molecule has 4 heteroatoms. The number of hydrogen-bond acceptors (Lipinski definition) is 4. The fourth-order valence-corrected chi connectivity index (χ4v) is 2.46. The second-order valence-corrected chi connectivity index (χ2v) is 5.34. The molecule has 0 spiro atoms. The summed E-state index contributed by atoms with van der Waals surface area (Å²) in [5.41, 5.74) is 4.06. The lowest BCUT2D eigenvalue weighted by atomic mass is 9.97. The number of rotatable bonds is 2. The van der Waals surface area contributed by atoms with Crippen molar-refractivity contribution < 1.29 is 14.6 Å². The molecule has 0 aliphatic heterocycles. The van der Waals surface area contributed by atoms with E-state index in [1.807, 2.05) is 24.3 Å². The van der Waals surface area contributed by atoms with Gasteiger partial charge in [-0.2, -0.15) is 0 Å². The highest BCUT2D eigenvalue weighted by Crippen LogP contribution is 2.37. The van der Waals surface area contributed by atoms with Crippen LogP contribution in [0, 0.1) is 20.8 Å². The van der Waals surface area contributed by atoms with E-state index in [4.69, 9.17) is 4.42 Å². The summed E-state index contributed by atoms with van der Waals surface area (Å²) < 4.78 is 5.61. The predicted octanol–water partition coefficient (Wildman–Crippen LogP) is 4.33. The fraction of sp³-hybridized carbons (Fsp3) is 0.167. The van der Waals surface area contributed by atoms with Crippen molar-refractivity contribution in [2.24, 2.45) is 0 Å². The van der Waals surface area contributed by atoms with Crippen molar-refractivity contribution in [2.75, 3.05) is 0 Å². The number of benzene rings is 2. The van der Waals surface area contributed by atoms with Crippen LogP contribution in [0.3, 0.4) is 0 Å². The van der Waals surface area contributed by atoms with Gasteiger partial charge in [0.15, 0.2) is 5.58 Å². The Morgan fingerprint density at radius 3 is 2.32 bits per heavy atom. The van der Waals surface area contributed by atoms with Crippen LogP contribution in [0.4, 0.5) is 0 Å². The summed E-state index contributed by atoms with van der Waals surface area (Å²) in [6.45, 7) is 5.33. The van der Waals surface area contributed by atoms with E-state index in [1.165, 1.54) is 0 Å². The topological polar surface area (TPSA) is 66.5 Å². The Balaban J connectivity index is 2.06. The van der Waals surface area contributed by atoms with Crippen molar-refractivity contribution in [3.8, 4) is 11.5 Å². The number of para-hydroxylation sites is 2. The first kappa shape index (κ1) is 14.2. The summed E-state index contributed by atoms with van der Waals surface area (Å²) in [7, 11) is 0. The first-order valence-electron chi connectivity index (χ1n) is 7.04. The van der Waals surface area contributed by atoms with Gasteiger partial charge in [0.25, 0.3) is 0 Å². The maximum atomic E-state index is 10.3. The van der Waals surface area contributed by atoms with Crippen LogP contribution in [0.5, 0.6) is 11.5 Å². The molecular formula is C18H17NO3. The van der Waals surface area contributed by atoms with Crippen LogP contribution in [0.25, 0.3) is 23.3 Å². The highest BCUT2D eigenvalue weighted by molar-refractivity contribution is 5.79. The molecular weight excluding hydrogens is 278 g/mol. The molecule has 0 unspecified atom stereocenters. The molecule has 3 rings (SSSR count). The molecule has 0 atom stereocenters. The summed E-state index contributed by atoms with van der Waals surface area (Å²) in [6, 6.07) is 7.51. The number of fused-ring (bicyclic) bond motifs is 1. The van der Waals surface area contributed by atoms with E-state index in [2.05, 4.69) is 4.98 Å². The third kappa shape index (κ3) is 2.22. The Morgan fingerprint density at radius 2 is 1.59 bits per heavy atom. The van der Waals surface area contributed by atoms with E-state index in [0.717, 1.165) is 5.52 Å². The molecule has 4 nitrogen and oxygen atoms in total. The Morgan fingerprint density at radius 1 is 0.909 bits per heavy atom. The van der Waals surface area contributed by atoms with Gasteiger partial charge in [0, 0.05) is 17.2 Å². The van der Waals surface area contributed by atoms with E-state index in [9.17, 15) is 10.2 Å². The fourth-order valence-electron chi connectivity index (χ4n) is 2.46. The molecule has 0 aliphatic rings. The van der Waals surface area contributed by atoms with Crippen LogP contribution >= 0.6 is 0 Å². The molecule has 112 valence electrons. The van der Waals surface area contributed by atoms with Crippen LogP contribution in [-0.4, -0.2) is 15.2 Å². The van der Waals surface area contributed by atoms with E-state index in [0.29, 0.717) is 33.7 Å². The summed E-state index contributed by atoms with van der Waals surface area (Å²) in [5, 5.41) is 20.4. The lowest BCUT2D eigenvalue weighted by Gasteiger charge is -2.13. The average molecular weight is 295 g/mol. The van der Waals surface area contributed by atoms with Gasteiger partial charge in [-0.25, -0.2) is 4.98 Å². The minimum Gasteiger partial charge on any atom is -0.507 e. The minimum atomic E-state index is 0.167. The molecule has 2 N–H and O–H groups in total. The lowest BCUT2D eigenvalue weighted by molar-refractivity contribution is 0.448. The maximum absolute atomic E-state index is 10.3. The second-order valence-electron chi connectivity index (χ2n) is 5.34. The van der Waals surface area contributed by atoms with Crippen molar-refractivity contribution in [1.29, 1.82) is 0 Å². The van der Waals surface area contributed by atoms with Gasteiger partial charge in [-0.1, -0.05) is 12.1 Å². The molecule has 3 aromatic rings. The number of nitrogens with zero attached hydrogens (tertiary/aromatic N) is 1. The molecule has 1 aromatic heterocycles. The summed E-state index contributed by atoms with van der Waals surface area (Å²) >= 11 is 0. The smallest absolute Gasteiger partial charge is 0.220 e. The SMILES string of the molecule is Cc1c(C)c(O)c(/C=C/c2nc3ccccc3o2)c(C)c1O. The van der Waals surface area contributed by atoms with E-state index < -0.39 is 0 Å². The highest BCUT2D eigenvalue weighted by Gasteiger charge is 2.14. The number of aromatic hydroxyl groups is 2. The quantitative estimate of drug-likeness (QED) is 0.690. The van der Waals surface area contributed by atoms with Gasteiger partial charge in [0.2, 0.25) is 5.89 Å². The van der Waals surface area contributed by atoms with Crippen molar-refractivity contribution in [3.05, 3.63) is 52.4 Å². The Bertz CT molecular complexity index is 829. The molecule has 0 bridgehead atoms. The summed E-state index contributed by atoms with van der Waals surface area (Å²) in [6.07, 6.45) is 3.40. The first-order chi connectivity index (χ1) is 10.5. The molecule has 1 heterocycles. The number of hydrogen-bond donors (Lipinski definition) is 2. The van der Waals surface area contributed by atoms with Crippen LogP contribution in [-0.2, 0) is 0 Å². The largest absolute Gasteiger partial charge is 0.507 e. The lowest BCUT2D eigenvalue weighted by Crippen LogP contribution is -1.92. The van der Waals surface area contributed by atoms with Crippen LogP contribution in [0.1, 0.15) is 28.1 Å². The Labute approximate surface area is 128 Å². The standard InChI is InChI=1S/C18H17NO3/c1-10-11(2)18(21)13(12(3)17(10)20)8-9-16-19-14-6-4-5-7-15(14)22-16/h4-9,20-21H,1-3H3/b9-8+. The van der Waals surface area contributed by atoms with Crippen molar-refractivity contribution in [2.45, 2.75) is 20.8 Å². The van der Waals surface area contributed by atoms with Crippen LogP contribution in [0.2, 0.25) is 0 Å². The number of phenolic OH excluding ortho intramolecular Hbond substituents is 2. The zero-order valence-corrected chi connectivity index (χ0v) is 12.7. The van der Waals surface area contributed by atoms with Gasteiger partial charge in [0.1, 0.15) is 17.0 Å². The first-order valence-corrected chi connectivity index (χ1v) is 7.04. The van der Waals surface area contributed by atoms with E-state index >= 15 is 0 Å². The Hall–Kier alpha value is -2.75. The van der Waals surface area contributed by atoms with Gasteiger partial charge in [-0.05, 0) is 50.1 Å². The molecule has 0 fully saturated rings. The molecule has 0 saturated heterocycles. The van der Waals surface area contributed by atoms with Crippen molar-refractivity contribution in [1.82, 2.24) is 4.98 Å². The van der Waals surface area contributed by atoms with Gasteiger partial charge in [-0.15, -0.1) is 0 Å². The summed E-state index contributed by atoms with van der Waals surface area (Å²) in [5.74, 6) is 0.824. The average Bonchev–Trinajstić information content (AvgIpc) is 2.94. The van der Waals surface area contributed by atoms with Crippen LogP contribution < -0.4 is 0 Å². The van der Waals surface area contributed by atoms with Crippen molar-refractivity contribution >= 4 is 23.3 Å². The van der Waals surface area contributed by atoms with Gasteiger partial charge >= 0.3 is 0 Å². The third-order valence-corrected chi connectivity index (χ3v) is 3.99. The molecule has 2 aromatic carbocycles. The monoisotopic (exact) mass is 295 g/mol.